The number of amides is 4. The molecule has 0 spiro atoms. The fraction of sp³-hybridized carbons (Fsp3) is 0.467. The third kappa shape index (κ3) is 93.3. The van der Waals surface area contributed by atoms with Gasteiger partial charge < -0.3 is 112 Å². The molecule has 38 heteroatoms. The van der Waals surface area contributed by atoms with Crippen LogP contribution in [0.2, 0.25) is 0 Å². The van der Waals surface area contributed by atoms with Gasteiger partial charge in [0, 0.05) is 13.1 Å². The summed E-state index contributed by atoms with van der Waals surface area (Å²) in [5.41, 5.74) is 22.1. The van der Waals surface area contributed by atoms with E-state index >= 15 is 0 Å². The fourth-order valence-corrected chi connectivity index (χ4v) is 8.68. The van der Waals surface area contributed by atoms with Crippen LogP contribution in [-0.4, -0.2) is 114 Å². The van der Waals surface area contributed by atoms with E-state index in [-0.39, 0.29) is 72.4 Å². The number of carbonyl (C=O) groups is 8. The number of hydrogen-bond donors (Lipinski definition) is 12. The van der Waals surface area contributed by atoms with Gasteiger partial charge >= 0.3 is 190 Å². The molecule has 5 aromatic carbocycles. The number of nitrogens with two attached hydrogens (primary N) is 4. The number of carboxylic acid groups (broad SMARTS) is 8. The van der Waals surface area contributed by atoms with Gasteiger partial charge in [0.1, 0.15) is 0 Å². The van der Waals surface area contributed by atoms with Crippen molar-refractivity contribution in [3.8, 4) is 0 Å². The second kappa shape index (κ2) is 85.8. The van der Waals surface area contributed by atoms with E-state index in [0.29, 0.717) is 36.1 Å². The molecule has 26 nitrogen and oxygen atoms in total. The standard InChI is InChI=1S/C14H13NO2.C9H11NO2.2C9H10O2.2C7H13N.2C6H12O2.2C4H9NO2.8ClH.4H2N.4Pt/c16-14(17)15-13(11-7-3-1-4-8-11)12-9-5-2-6-10-12;1-7(10-9(11)12)8-5-3-2-4-6-8;2*1-6-3-4-8(9(10)11)7(2)5-6;2*1-6-4-2-3-5-7(6)8;2*1-6(2,3)4-5(7)8;2*1-2-3-5-4(6)7;;;;;;;;;;;;;;;;/h1-10,13,15H,(H,16,17);2-7,10H,1H3,(H,11,12);2*3-5H,1-2H3,(H,10,11);2*6-8H,1-5H2;2*4H2,1-3H3,(H,7,8);2*5H,2-3H2,1H3,(H,6,7);8*1H;4*1H2;;;;/q;;;;2*-2;;;;;;;;;;;;;4*-1;4*+4/p-8/t;;;;2*6-,7-;;;;;;;;;;;;;;;;;;;;/m....11..................../s1. The maximum atomic E-state index is 10.8. The molecular formula is C75H120Cl8N10O16Pt4. The first-order valence-electron chi connectivity index (χ1n) is 33.3. The van der Waals surface area contributed by atoms with E-state index in [4.69, 9.17) is 128 Å². The number of halogens is 8. The molecule has 1 unspecified atom stereocenters. The van der Waals surface area contributed by atoms with Crippen LogP contribution < -0.4 is 21.3 Å². The number of benzene rings is 5. The largest absolute Gasteiger partial charge is 0.693 e. The molecule has 2 saturated carbocycles. The van der Waals surface area contributed by atoms with Crippen LogP contribution in [-0.2, 0) is 75.5 Å². The summed E-state index contributed by atoms with van der Waals surface area (Å²) in [7, 11) is 39.0. The summed E-state index contributed by atoms with van der Waals surface area (Å²) in [6, 6.07) is 38.9. The third-order valence-corrected chi connectivity index (χ3v) is 13.6. The molecule has 0 aromatic heterocycles. The van der Waals surface area contributed by atoms with Gasteiger partial charge in [-0.15, -0.1) is 0 Å². The van der Waals surface area contributed by atoms with Gasteiger partial charge in [-0.3, -0.25) is 9.59 Å². The minimum Gasteiger partial charge on any atom is -0.693 e. The molecule has 0 saturated heterocycles. The summed E-state index contributed by atoms with van der Waals surface area (Å²) < 4.78 is 0. The molecule has 5 aromatic rings. The molecule has 5 atom stereocenters. The molecule has 2 aliphatic rings. The Balaban J connectivity index is -0.000000113. The van der Waals surface area contributed by atoms with E-state index < -0.39 is 114 Å². The summed E-state index contributed by atoms with van der Waals surface area (Å²) in [5, 5.41) is 76.3. The topological polar surface area (TPSA) is 528 Å². The molecule has 7 rings (SSSR count). The number of aryl methyl sites for hydroxylation is 4. The fourth-order valence-electron chi connectivity index (χ4n) is 8.68. The molecule has 2 fully saturated rings. The van der Waals surface area contributed by atoms with E-state index in [1.807, 2.05) is 179 Å². The first-order chi connectivity index (χ1) is 50.8. The third-order valence-electron chi connectivity index (χ3n) is 13.6. The first kappa shape index (κ1) is 132. The van der Waals surface area contributed by atoms with Crippen molar-refractivity contribution in [2.75, 3.05) is 13.1 Å². The Labute approximate surface area is 737 Å². The van der Waals surface area contributed by atoms with Gasteiger partial charge in [-0.05, 0) is 98.2 Å². The second-order valence-electron chi connectivity index (χ2n) is 25.7. The molecule has 0 aliphatic heterocycles. The molecule has 0 radical (unpaired) electrons. The number of rotatable bonds is 13. The summed E-state index contributed by atoms with van der Waals surface area (Å²) in [6.45, 7) is 33.4. The number of carboxylic acids is 4. The molecule has 4 amide bonds. The van der Waals surface area contributed by atoms with Crippen molar-refractivity contribution in [3.05, 3.63) is 227 Å². The first-order valence-corrected chi connectivity index (χ1v) is 55.9. The normalized spacial score (nSPS) is 13.7. The van der Waals surface area contributed by atoms with Crippen LogP contribution in [0.25, 0.3) is 36.1 Å². The van der Waals surface area contributed by atoms with Crippen LogP contribution >= 0.6 is 75.3 Å². The maximum Gasteiger partial charge on any atom is -0.693 e. The van der Waals surface area contributed by atoms with Crippen LogP contribution in [0.3, 0.4) is 0 Å². The van der Waals surface area contributed by atoms with E-state index in [0.717, 1.165) is 64.6 Å². The Morgan fingerprint density at radius 3 is 0.858 bits per heavy atom. The van der Waals surface area contributed by atoms with Gasteiger partial charge in [-0.25, -0.2) is 28.8 Å². The van der Waals surface area contributed by atoms with Gasteiger partial charge in [0.05, 0.1) is 36.1 Å². The van der Waals surface area contributed by atoms with Crippen LogP contribution in [0.5, 0.6) is 0 Å². The predicted molar refractivity (Wildman–Crippen MR) is 453 cm³/mol. The van der Waals surface area contributed by atoms with Crippen molar-refractivity contribution in [3.63, 3.8) is 0 Å². The Hall–Kier alpha value is -4.11. The number of nitrogens with one attached hydrogen (secondary N) is 6. The Morgan fingerprint density at radius 1 is 0.434 bits per heavy atom. The molecular weight excluding hydrogens is 2360 g/mol. The summed E-state index contributed by atoms with van der Waals surface area (Å²) in [5.74, 6) is -2.33. The van der Waals surface area contributed by atoms with E-state index in [1.165, 1.54) is 38.5 Å². The van der Waals surface area contributed by atoms with Crippen LogP contribution in [0.15, 0.2) is 127 Å². The van der Waals surface area contributed by atoms with Crippen LogP contribution in [0.1, 0.15) is 211 Å². The minimum absolute atomic E-state index is 0. The number of aliphatic carboxylic acids is 2. The van der Waals surface area contributed by atoms with Gasteiger partial charge in [0.2, 0.25) is 0 Å². The van der Waals surface area contributed by atoms with E-state index in [2.05, 4.69) is 35.1 Å². The van der Waals surface area contributed by atoms with Crippen LogP contribution in [0, 0.1) is 64.2 Å². The van der Waals surface area contributed by atoms with Crippen LogP contribution in [0.4, 0.5) is 19.2 Å². The summed E-state index contributed by atoms with van der Waals surface area (Å²) in [6.07, 6.45) is 7.88. The smallest absolute Gasteiger partial charge is 0.693 e. The quantitative estimate of drug-likeness (QED) is 0.0487. The predicted octanol–water partition coefficient (Wildman–Crippen LogP) is 26.6. The minimum atomic E-state index is -1.03. The molecule has 0 bridgehead atoms. The number of aromatic carboxylic acids is 2. The van der Waals surface area contributed by atoms with Crippen molar-refractivity contribution in [1.29, 1.82) is 0 Å². The van der Waals surface area contributed by atoms with Crippen molar-refractivity contribution in [1.82, 2.24) is 21.3 Å². The summed E-state index contributed by atoms with van der Waals surface area (Å²) in [4.78, 5) is 81.5. The Kier molecular flexibility index (Phi) is 100. The van der Waals surface area contributed by atoms with Crippen molar-refractivity contribution < 1.29 is 145 Å². The second-order valence-corrected chi connectivity index (χ2v) is 38.9. The zero-order valence-corrected chi connectivity index (χ0v) is 81.0. The average Bonchev–Trinajstić information content (AvgIpc) is 0.848. The number of hydrogen-bond acceptors (Lipinski definition) is 8. The van der Waals surface area contributed by atoms with Gasteiger partial charge in [-0.1, -0.05) is 233 Å². The van der Waals surface area contributed by atoms with Crippen molar-refractivity contribution >= 4 is 124 Å². The monoisotopic (exact) mass is 2480 g/mol. The van der Waals surface area contributed by atoms with E-state index in [1.54, 1.807) is 38.1 Å². The summed E-state index contributed by atoms with van der Waals surface area (Å²) >= 11 is -1.89. The average molecular weight is 2480 g/mol. The Bertz CT molecular complexity index is 2970. The van der Waals surface area contributed by atoms with Crippen molar-refractivity contribution in [2.24, 2.45) is 22.7 Å². The molecule has 662 valence electrons. The van der Waals surface area contributed by atoms with Crippen molar-refractivity contribution in [2.45, 2.75) is 191 Å². The van der Waals surface area contributed by atoms with Gasteiger partial charge in [0.25, 0.3) is 0 Å². The zero-order valence-electron chi connectivity index (χ0n) is 65.8. The molecule has 2 aliphatic carbocycles. The SMILES string of the molecule is CC(C)(C)CC(=O)O.CC(C)(C)CC(=O)O.CC(NC(=O)O)c1ccccc1.CCCNC(=O)O.CCCNC(=O)O.Cc1ccc(C(=O)O)c(C)c1.Cc1ccc(C(=O)O)c(C)c1.O=C(O)NC(c1ccccc1)c1ccccc1.[CH2-][C@@H]1CCCC[C@H]1[NH-].[CH2-][C@@H]1CCCC[C@H]1[NH-].[Cl][Pt+2][Cl].[Cl][Pt+2][Cl].[Cl][Pt+2][Cl].[Cl][Pt+2][Cl].[NH2-].[NH2-].[NH2-].[NH2-]. The molecule has 0 heterocycles. The zero-order chi connectivity index (χ0) is 85.7. The van der Waals surface area contributed by atoms with E-state index in [9.17, 15) is 38.4 Å². The molecule has 113 heavy (non-hydrogen) atoms. The Morgan fingerprint density at radius 2 is 0.690 bits per heavy atom. The van der Waals surface area contributed by atoms with Gasteiger partial charge in [0.15, 0.2) is 0 Å². The maximum absolute atomic E-state index is 10.8. The molecule has 22 N–H and O–H groups in total. The van der Waals surface area contributed by atoms with Gasteiger partial charge in [-0.2, -0.15) is 23.9 Å².